The maximum atomic E-state index is 10.6. The zero-order chi connectivity index (χ0) is 10.7. The van der Waals surface area contributed by atoms with E-state index in [0.717, 1.165) is 26.1 Å². The van der Waals surface area contributed by atoms with E-state index in [1.165, 1.54) is 6.07 Å². The Balaban J connectivity index is 2.10. The number of carboxylic acid groups (broad SMARTS) is 1. The van der Waals surface area contributed by atoms with Crippen LogP contribution >= 0.6 is 0 Å². The molecule has 82 valence electrons. The third-order valence-corrected chi connectivity index (χ3v) is 2.34. The van der Waals surface area contributed by atoms with Gasteiger partial charge in [0.15, 0.2) is 5.88 Å². The van der Waals surface area contributed by atoms with E-state index in [2.05, 4.69) is 0 Å². The molecule has 0 aromatic carbocycles. The van der Waals surface area contributed by atoms with Crippen LogP contribution in [0.4, 0.5) is 5.88 Å². The number of anilines is 1. The van der Waals surface area contributed by atoms with Crippen LogP contribution in [-0.2, 0) is 4.74 Å². The van der Waals surface area contributed by atoms with Crippen LogP contribution in [0.3, 0.4) is 0 Å². The summed E-state index contributed by atoms with van der Waals surface area (Å²) in [6, 6.07) is 3.16. The van der Waals surface area contributed by atoms with Gasteiger partial charge in [0.2, 0.25) is 5.76 Å². The maximum Gasteiger partial charge on any atom is 0.371 e. The standard InChI is InChI=1S/C10H13NO4/c12-10(13)8-2-3-9(15-8)11-4-1-6-14-7-5-11/h2-3H,1,4-7H2,(H,12,13). The van der Waals surface area contributed by atoms with Gasteiger partial charge in [-0.05, 0) is 12.5 Å². The highest BCUT2D eigenvalue weighted by atomic mass is 16.5. The summed E-state index contributed by atoms with van der Waals surface area (Å²) in [6.45, 7) is 2.99. The quantitative estimate of drug-likeness (QED) is 0.796. The number of nitrogens with zero attached hydrogens (tertiary/aromatic N) is 1. The van der Waals surface area contributed by atoms with Crippen molar-refractivity contribution >= 4 is 11.9 Å². The molecule has 15 heavy (non-hydrogen) atoms. The minimum absolute atomic E-state index is 0.0184. The Kier molecular flexibility index (Phi) is 2.91. The van der Waals surface area contributed by atoms with Crippen LogP contribution < -0.4 is 4.90 Å². The molecule has 0 atom stereocenters. The molecule has 1 fully saturated rings. The SMILES string of the molecule is O=C(O)c1ccc(N2CCCOCC2)o1. The average Bonchev–Trinajstić information content (AvgIpc) is 2.55. The number of furan rings is 1. The zero-order valence-electron chi connectivity index (χ0n) is 8.31. The Labute approximate surface area is 87.2 Å². The van der Waals surface area contributed by atoms with Gasteiger partial charge in [-0.2, -0.15) is 0 Å². The Morgan fingerprint density at radius 1 is 1.33 bits per heavy atom. The Bertz CT molecular complexity index is 339. The summed E-state index contributed by atoms with van der Waals surface area (Å²) in [7, 11) is 0. The van der Waals surface area contributed by atoms with E-state index in [4.69, 9.17) is 14.3 Å². The third kappa shape index (κ3) is 2.30. The second kappa shape index (κ2) is 4.35. The lowest BCUT2D eigenvalue weighted by Gasteiger charge is -2.17. The van der Waals surface area contributed by atoms with Crippen LogP contribution in [-0.4, -0.2) is 37.4 Å². The molecule has 1 N–H and O–H groups in total. The van der Waals surface area contributed by atoms with Gasteiger partial charge in [0.1, 0.15) is 0 Å². The molecule has 1 aromatic rings. The summed E-state index contributed by atoms with van der Waals surface area (Å²) < 4.78 is 10.5. The van der Waals surface area contributed by atoms with Crippen molar-refractivity contribution in [2.75, 3.05) is 31.2 Å². The molecule has 2 rings (SSSR count). The second-order valence-corrected chi connectivity index (χ2v) is 3.40. The Morgan fingerprint density at radius 3 is 2.93 bits per heavy atom. The van der Waals surface area contributed by atoms with Gasteiger partial charge in [-0.25, -0.2) is 4.79 Å². The van der Waals surface area contributed by atoms with Gasteiger partial charge < -0.3 is 19.2 Å². The molecule has 5 heteroatoms. The van der Waals surface area contributed by atoms with Gasteiger partial charge in [-0.15, -0.1) is 0 Å². The van der Waals surface area contributed by atoms with Gasteiger partial charge in [0, 0.05) is 25.8 Å². The van der Waals surface area contributed by atoms with E-state index >= 15 is 0 Å². The van der Waals surface area contributed by atoms with Gasteiger partial charge in [-0.3, -0.25) is 0 Å². The average molecular weight is 211 g/mol. The fourth-order valence-corrected chi connectivity index (χ4v) is 1.58. The Hall–Kier alpha value is -1.49. The van der Waals surface area contributed by atoms with Gasteiger partial charge in [-0.1, -0.05) is 0 Å². The smallest absolute Gasteiger partial charge is 0.371 e. The summed E-state index contributed by atoms with van der Waals surface area (Å²) >= 11 is 0. The number of rotatable bonds is 2. The summed E-state index contributed by atoms with van der Waals surface area (Å²) in [5.41, 5.74) is 0. The molecule has 0 spiro atoms. The van der Waals surface area contributed by atoms with Crippen molar-refractivity contribution in [2.24, 2.45) is 0 Å². The summed E-state index contributed by atoms with van der Waals surface area (Å²) in [5.74, 6) is -0.444. The molecule has 0 bridgehead atoms. The molecular formula is C10H13NO4. The summed E-state index contributed by atoms with van der Waals surface area (Å²) in [4.78, 5) is 12.6. The minimum Gasteiger partial charge on any atom is -0.475 e. The first-order valence-corrected chi connectivity index (χ1v) is 4.93. The van der Waals surface area contributed by atoms with E-state index in [9.17, 15) is 4.79 Å². The lowest BCUT2D eigenvalue weighted by Crippen LogP contribution is -2.25. The third-order valence-electron chi connectivity index (χ3n) is 2.34. The van der Waals surface area contributed by atoms with Crippen molar-refractivity contribution < 1.29 is 19.1 Å². The van der Waals surface area contributed by atoms with E-state index in [1.807, 2.05) is 4.90 Å². The number of aromatic carboxylic acids is 1. The molecule has 0 aliphatic carbocycles. The van der Waals surface area contributed by atoms with E-state index in [1.54, 1.807) is 6.07 Å². The van der Waals surface area contributed by atoms with Crippen molar-refractivity contribution in [1.82, 2.24) is 0 Å². The first kappa shape index (κ1) is 10.0. The molecule has 0 radical (unpaired) electrons. The molecule has 0 saturated carbocycles. The summed E-state index contributed by atoms with van der Waals surface area (Å²) in [6.07, 6.45) is 0.934. The zero-order valence-corrected chi connectivity index (χ0v) is 8.31. The van der Waals surface area contributed by atoms with E-state index in [-0.39, 0.29) is 5.76 Å². The highest BCUT2D eigenvalue weighted by Crippen LogP contribution is 2.19. The molecule has 1 aromatic heterocycles. The van der Waals surface area contributed by atoms with Crippen molar-refractivity contribution in [1.29, 1.82) is 0 Å². The summed E-state index contributed by atoms with van der Waals surface area (Å²) in [5, 5.41) is 8.72. The van der Waals surface area contributed by atoms with Crippen molar-refractivity contribution in [3.63, 3.8) is 0 Å². The van der Waals surface area contributed by atoms with E-state index < -0.39 is 5.97 Å². The Morgan fingerprint density at radius 2 is 2.20 bits per heavy atom. The molecule has 1 saturated heterocycles. The van der Waals surface area contributed by atoms with Gasteiger partial charge in [0.05, 0.1) is 6.61 Å². The molecule has 0 unspecified atom stereocenters. The predicted molar refractivity (Wildman–Crippen MR) is 53.3 cm³/mol. The van der Waals surface area contributed by atoms with Gasteiger partial charge in [0.25, 0.3) is 0 Å². The molecule has 5 nitrogen and oxygen atoms in total. The van der Waals surface area contributed by atoms with Crippen molar-refractivity contribution in [3.8, 4) is 0 Å². The number of hydrogen-bond acceptors (Lipinski definition) is 4. The molecule has 1 aliphatic heterocycles. The second-order valence-electron chi connectivity index (χ2n) is 3.40. The van der Waals surface area contributed by atoms with Crippen LogP contribution in [0.15, 0.2) is 16.5 Å². The number of hydrogen-bond donors (Lipinski definition) is 1. The number of ether oxygens (including phenoxy) is 1. The highest BCUT2D eigenvalue weighted by Gasteiger charge is 2.15. The van der Waals surface area contributed by atoms with Crippen LogP contribution in [0.1, 0.15) is 17.0 Å². The lowest BCUT2D eigenvalue weighted by atomic mass is 10.4. The molecule has 2 heterocycles. The molecule has 1 aliphatic rings. The first-order chi connectivity index (χ1) is 7.27. The normalized spacial score (nSPS) is 17.5. The number of carboxylic acids is 1. The van der Waals surface area contributed by atoms with Gasteiger partial charge >= 0.3 is 5.97 Å². The van der Waals surface area contributed by atoms with Crippen LogP contribution in [0.5, 0.6) is 0 Å². The molecular weight excluding hydrogens is 198 g/mol. The fraction of sp³-hybridized carbons (Fsp3) is 0.500. The van der Waals surface area contributed by atoms with Crippen LogP contribution in [0, 0.1) is 0 Å². The van der Waals surface area contributed by atoms with Crippen LogP contribution in [0.2, 0.25) is 0 Å². The number of carbonyl (C=O) groups is 1. The topological polar surface area (TPSA) is 62.9 Å². The molecule has 0 amide bonds. The predicted octanol–water partition coefficient (Wildman–Crippen LogP) is 1.20. The largest absolute Gasteiger partial charge is 0.475 e. The monoisotopic (exact) mass is 211 g/mol. The van der Waals surface area contributed by atoms with Crippen LogP contribution in [0.25, 0.3) is 0 Å². The van der Waals surface area contributed by atoms with Crippen molar-refractivity contribution in [3.05, 3.63) is 17.9 Å². The fourth-order valence-electron chi connectivity index (χ4n) is 1.58. The highest BCUT2D eigenvalue weighted by molar-refractivity contribution is 5.84. The van der Waals surface area contributed by atoms with Crippen molar-refractivity contribution in [2.45, 2.75) is 6.42 Å². The maximum absolute atomic E-state index is 10.6. The lowest BCUT2D eigenvalue weighted by molar-refractivity contribution is 0.0663. The minimum atomic E-state index is -1.03. The first-order valence-electron chi connectivity index (χ1n) is 4.93. The van der Waals surface area contributed by atoms with E-state index in [0.29, 0.717) is 12.5 Å².